The molecule has 2 atom stereocenters. The molecule has 16 nitrogen and oxygen atoms in total. The Morgan fingerprint density at radius 1 is 0.660 bits per heavy atom. The lowest BCUT2D eigenvalue weighted by Crippen LogP contribution is -2.47. The third-order valence-corrected chi connectivity index (χ3v) is 4.97. The Kier molecular flexibility index (Phi) is 30.2. The number of alkyl halides is 9. The number of hydrogen-bond acceptors (Lipinski definition) is 9. The molecule has 0 aromatic rings. The van der Waals surface area contributed by atoms with Gasteiger partial charge in [-0.2, -0.15) is 39.5 Å². The van der Waals surface area contributed by atoms with Crippen molar-refractivity contribution in [1.82, 2.24) is 16.0 Å². The van der Waals surface area contributed by atoms with E-state index in [1.165, 1.54) is 7.11 Å². The molecule has 0 saturated carbocycles. The number of carbonyl (C=O) groups excluding carboxylic acids is 2. The van der Waals surface area contributed by atoms with Crippen LogP contribution in [0.3, 0.4) is 0 Å². The van der Waals surface area contributed by atoms with E-state index in [1.54, 1.807) is 0 Å². The van der Waals surface area contributed by atoms with Gasteiger partial charge in [-0.05, 0) is 52.1 Å². The minimum Gasteiger partial charge on any atom is -0.475 e. The van der Waals surface area contributed by atoms with E-state index in [4.69, 9.17) is 51.6 Å². The molecule has 2 amide bonds. The standard InChI is InChI=1S/C19H41N7O3.3C2HF3O2/c1-15(20)9-14-23-10-7-8-12-25-18(28)16(29-2)17(27)24-11-5-3-4-6-13-26-19(21)22;3*3-2(4,5)1(6)7/h15-16,23H,3-14,20H2,1-2H3,(H,24,27)(H,25,28)(H4,21,22,26);3*(H,6,7). The summed E-state index contributed by atoms with van der Waals surface area (Å²) >= 11 is 0. The van der Waals surface area contributed by atoms with E-state index in [0.717, 1.165) is 58.0 Å². The van der Waals surface area contributed by atoms with Crippen LogP contribution in [0.1, 0.15) is 51.9 Å². The van der Waals surface area contributed by atoms with Crippen LogP contribution in [-0.4, -0.2) is 122 Å². The second-order valence-corrected chi connectivity index (χ2v) is 9.55. The first-order chi connectivity index (χ1) is 22.7. The van der Waals surface area contributed by atoms with Gasteiger partial charge in [-0.15, -0.1) is 0 Å². The molecule has 0 radical (unpaired) electrons. The molecule has 12 N–H and O–H groups in total. The Hall–Kier alpha value is -4.13. The number of methoxy groups -OCH3 is 1. The molecule has 0 saturated heterocycles. The summed E-state index contributed by atoms with van der Waals surface area (Å²) in [4.78, 5) is 54.9. The van der Waals surface area contributed by atoms with Crippen LogP contribution in [0.25, 0.3) is 0 Å². The van der Waals surface area contributed by atoms with E-state index in [2.05, 4.69) is 20.9 Å². The van der Waals surface area contributed by atoms with Crippen molar-refractivity contribution in [3.8, 4) is 0 Å². The van der Waals surface area contributed by atoms with E-state index in [-0.39, 0.29) is 12.0 Å². The van der Waals surface area contributed by atoms with Gasteiger partial charge in [0.1, 0.15) is 0 Å². The molecule has 0 fully saturated rings. The van der Waals surface area contributed by atoms with Crippen molar-refractivity contribution in [3.63, 3.8) is 0 Å². The fraction of sp³-hybridized carbons (Fsp3) is 0.760. The summed E-state index contributed by atoms with van der Waals surface area (Å²) in [5.41, 5.74) is 16.2. The molecular weight excluding hydrogens is 713 g/mol. The molecule has 0 aromatic heterocycles. The SMILES string of the molecule is COC(C(=O)NCCCCCCN=C(N)N)C(=O)NCCCCNCCC(C)N.O=C(O)C(F)(F)F.O=C(O)C(F)(F)F.O=C(O)C(F)(F)F. The fourth-order valence-corrected chi connectivity index (χ4v) is 2.57. The Bertz CT molecular complexity index is 952. The number of nitrogens with zero attached hydrogens (tertiary/aromatic N) is 1. The summed E-state index contributed by atoms with van der Waals surface area (Å²) < 4.78 is 100. The number of halogens is 9. The largest absolute Gasteiger partial charge is 0.490 e. The average Bonchev–Trinajstić information content (AvgIpc) is 2.95. The average molecular weight is 758 g/mol. The Labute approximate surface area is 280 Å². The minimum atomic E-state index is -5.08. The first-order valence-electron chi connectivity index (χ1n) is 14.2. The van der Waals surface area contributed by atoms with E-state index in [9.17, 15) is 49.1 Å². The molecule has 0 aliphatic carbocycles. The maximum absolute atomic E-state index is 12.1. The number of aliphatic imine (C=N–C) groups is 1. The van der Waals surface area contributed by atoms with Crippen LogP contribution in [-0.2, 0) is 28.7 Å². The number of carboxylic acid groups (broad SMARTS) is 3. The molecule has 296 valence electrons. The number of guanidine groups is 1. The highest BCUT2D eigenvalue weighted by molar-refractivity contribution is 6.03. The number of unbranched alkanes of at least 4 members (excludes halogenated alkanes) is 4. The van der Waals surface area contributed by atoms with Gasteiger partial charge in [0.05, 0.1) is 0 Å². The smallest absolute Gasteiger partial charge is 0.475 e. The van der Waals surface area contributed by atoms with Crippen LogP contribution in [0.5, 0.6) is 0 Å². The van der Waals surface area contributed by atoms with Crippen molar-refractivity contribution in [3.05, 3.63) is 0 Å². The topological polar surface area (TPSA) is 282 Å². The Balaban J connectivity index is -0.000000403. The zero-order valence-electron chi connectivity index (χ0n) is 27.0. The normalized spacial score (nSPS) is 12.2. The van der Waals surface area contributed by atoms with Crippen molar-refractivity contribution in [2.45, 2.75) is 82.5 Å². The van der Waals surface area contributed by atoms with Crippen molar-refractivity contribution in [1.29, 1.82) is 0 Å². The number of ether oxygens (including phenoxy) is 1. The Morgan fingerprint density at radius 3 is 1.32 bits per heavy atom. The summed E-state index contributed by atoms with van der Waals surface area (Å²) in [6.07, 6.45) is -10.0. The lowest BCUT2D eigenvalue weighted by atomic mass is 10.2. The molecule has 0 heterocycles. The lowest BCUT2D eigenvalue weighted by molar-refractivity contribution is -0.193. The molecule has 50 heavy (non-hydrogen) atoms. The van der Waals surface area contributed by atoms with E-state index < -0.39 is 54.4 Å². The van der Waals surface area contributed by atoms with Gasteiger partial charge < -0.3 is 53.2 Å². The van der Waals surface area contributed by atoms with Crippen LogP contribution in [0, 0.1) is 0 Å². The third kappa shape index (κ3) is 38.3. The first kappa shape index (κ1) is 52.7. The summed E-state index contributed by atoms with van der Waals surface area (Å²) in [6, 6.07) is 0.204. The van der Waals surface area contributed by atoms with Crippen molar-refractivity contribution < 1.29 is 83.5 Å². The molecule has 0 aromatic carbocycles. The highest BCUT2D eigenvalue weighted by atomic mass is 19.4. The molecule has 25 heteroatoms. The van der Waals surface area contributed by atoms with Gasteiger partial charge in [0.15, 0.2) is 5.96 Å². The third-order valence-electron chi connectivity index (χ3n) is 4.97. The number of nitrogens with two attached hydrogens (primary N) is 3. The van der Waals surface area contributed by atoms with Gasteiger partial charge in [0.2, 0.25) is 6.10 Å². The van der Waals surface area contributed by atoms with E-state index in [1.807, 2.05) is 6.92 Å². The van der Waals surface area contributed by atoms with Gasteiger partial charge in [0.25, 0.3) is 11.8 Å². The summed E-state index contributed by atoms with van der Waals surface area (Å²) in [5.74, 6) is -8.99. The zero-order chi connectivity index (χ0) is 40.1. The number of hydrogen-bond donors (Lipinski definition) is 9. The van der Waals surface area contributed by atoms with Crippen LogP contribution in [0.2, 0.25) is 0 Å². The maximum atomic E-state index is 12.1. The van der Waals surface area contributed by atoms with Crippen LogP contribution in [0.4, 0.5) is 39.5 Å². The van der Waals surface area contributed by atoms with Gasteiger partial charge in [0, 0.05) is 32.8 Å². The molecule has 0 aliphatic heterocycles. The second kappa shape index (κ2) is 28.7. The number of carboxylic acids is 3. The summed E-state index contributed by atoms with van der Waals surface area (Å²) in [5, 5.41) is 30.2. The first-order valence-corrected chi connectivity index (χ1v) is 14.2. The summed E-state index contributed by atoms with van der Waals surface area (Å²) in [6.45, 7) is 5.38. The predicted octanol–water partition coefficient (Wildman–Crippen LogP) is 1.07. The van der Waals surface area contributed by atoms with E-state index in [0.29, 0.717) is 19.6 Å². The minimum absolute atomic E-state index is 0.106. The summed E-state index contributed by atoms with van der Waals surface area (Å²) in [7, 11) is 1.36. The number of aliphatic carboxylic acids is 3. The van der Waals surface area contributed by atoms with Crippen LogP contribution < -0.4 is 33.2 Å². The molecule has 0 aliphatic rings. The number of rotatable bonds is 18. The van der Waals surface area contributed by atoms with Gasteiger partial charge >= 0.3 is 36.4 Å². The number of nitrogens with one attached hydrogen (secondary N) is 3. The molecule has 0 bridgehead atoms. The van der Waals surface area contributed by atoms with Crippen molar-refractivity contribution in [2.75, 3.05) is 39.8 Å². The lowest BCUT2D eigenvalue weighted by Gasteiger charge is -2.15. The van der Waals surface area contributed by atoms with Crippen molar-refractivity contribution >= 4 is 35.7 Å². The second-order valence-electron chi connectivity index (χ2n) is 9.55. The maximum Gasteiger partial charge on any atom is 0.490 e. The molecule has 0 rings (SSSR count). The van der Waals surface area contributed by atoms with Gasteiger partial charge in [-0.1, -0.05) is 12.8 Å². The van der Waals surface area contributed by atoms with Crippen molar-refractivity contribution in [2.24, 2.45) is 22.2 Å². The number of carbonyl (C=O) groups is 5. The quantitative estimate of drug-likeness (QED) is 0.0312. The molecule has 2 unspecified atom stereocenters. The van der Waals surface area contributed by atoms with E-state index >= 15 is 0 Å². The highest BCUT2D eigenvalue weighted by Crippen LogP contribution is 2.14. The van der Waals surface area contributed by atoms with Crippen LogP contribution in [0.15, 0.2) is 4.99 Å². The molecule has 0 spiro atoms. The Morgan fingerprint density at radius 2 is 1.00 bits per heavy atom. The zero-order valence-corrected chi connectivity index (χ0v) is 27.0. The number of amides is 2. The fourth-order valence-electron chi connectivity index (χ4n) is 2.57. The van der Waals surface area contributed by atoms with Gasteiger partial charge in [-0.25, -0.2) is 14.4 Å². The van der Waals surface area contributed by atoms with Crippen LogP contribution >= 0.6 is 0 Å². The van der Waals surface area contributed by atoms with Gasteiger partial charge in [-0.3, -0.25) is 14.6 Å². The monoisotopic (exact) mass is 757 g/mol. The highest BCUT2D eigenvalue weighted by Gasteiger charge is 2.39. The molecular formula is C25H44F9N7O9. The predicted molar refractivity (Wildman–Crippen MR) is 157 cm³/mol.